The lowest BCUT2D eigenvalue weighted by atomic mass is 9.84. The second kappa shape index (κ2) is 10.2. The van der Waals surface area contributed by atoms with Crippen molar-refractivity contribution in [3.63, 3.8) is 0 Å². The fourth-order valence-electron chi connectivity index (χ4n) is 4.65. The molecule has 0 radical (unpaired) electrons. The minimum atomic E-state index is -1.46. The molecule has 1 aromatic heterocycles. The Kier molecular flexibility index (Phi) is 6.86. The molecule has 0 spiro atoms. The van der Waals surface area contributed by atoms with Gasteiger partial charge in [-0.25, -0.2) is 0 Å². The minimum Gasteiger partial charge on any atom is -0.497 e. The standard InChI is InChI=1S/C31H33NO4/c1-22-4-6-23(7-5-22)20-32(26-12-13-26)21-29-18-19-30(36-29)31(33,24-8-14-27(34-2)15-9-24)25-10-16-28(35-3)17-11-25/h4-11,14-19,26,33H,12-13,20-21H2,1-3H3. The van der Waals surface area contributed by atoms with Gasteiger partial charge in [0.15, 0.2) is 5.60 Å². The Morgan fingerprint density at radius 2 is 1.33 bits per heavy atom. The van der Waals surface area contributed by atoms with Crippen molar-refractivity contribution >= 4 is 0 Å². The topological polar surface area (TPSA) is 55.1 Å². The van der Waals surface area contributed by atoms with Gasteiger partial charge in [0.05, 0.1) is 20.8 Å². The number of rotatable bonds is 10. The average Bonchev–Trinajstić information content (AvgIpc) is 3.67. The third-order valence-corrected chi connectivity index (χ3v) is 6.96. The number of aliphatic hydroxyl groups is 1. The van der Waals surface area contributed by atoms with Crippen LogP contribution in [-0.4, -0.2) is 30.3 Å². The Morgan fingerprint density at radius 1 is 0.778 bits per heavy atom. The Bertz CT molecular complexity index is 1220. The average molecular weight is 484 g/mol. The smallest absolute Gasteiger partial charge is 0.173 e. The lowest BCUT2D eigenvalue weighted by molar-refractivity contribution is 0.0949. The Balaban J connectivity index is 1.45. The van der Waals surface area contributed by atoms with Crippen LogP contribution in [-0.2, 0) is 18.7 Å². The molecule has 186 valence electrons. The summed E-state index contributed by atoms with van der Waals surface area (Å²) in [7, 11) is 3.26. The van der Waals surface area contributed by atoms with Gasteiger partial charge in [-0.3, -0.25) is 4.90 Å². The van der Waals surface area contributed by atoms with Gasteiger partial charge in [0.1, 0.15) is 23.0 Å². The number of aryl methyl sites for hydroxylation is 1. The predicted octanol–water partition coefficient (Wildman–Crippen LogP) is 6.05. The maximum absolute atomic E-state index is 12.2. The van der Waals surface area contributed by atoms with Crippen LogP contribution in [0.5, 0.6) is 11.5 Å². The number of furan rings is 1. The first-order valence-electron chi connectivity index (χ1n) is 12.4. The molecule has 5 nitrogen and oxygen atoms in total. The Hall–Kier alpha value is -3.54. The van der Waals surface area contributed by atoms with Crippen molar-refractivity contribution in [1.82, 2.24) is 4.90 Å². The van der Waals surface area contributed by atoms with Crippen LogP contribution in [0.4, 0.5) is 0 Å². The molecule has 1 saturated carbocycles. The van der Waals surface area contributed by atoms with Crippen LogP contribution in [0.15, 0.2) is 89.3 Å². The third kappa shape index (κ3) is 5.03. The van der Waals surface area contributed by atoms with E-state index in [1.54, 1.807) is 14.2 Å². The van der Waals surface area contributed by atoms with E-state index in [-0.39, 0.29) is 0 Å². The SMILES string of the molecule is COc1ccc(C(O)(c2ccc(OC)cc2)c2ccc(CN(Cc3ccc(C)cc3)C3CC3)o2)cc1. The van der Waals surface area contributed by atoms with Crippen LogP contribution in [0, 0.1) is 6.92 Å². The summed E-state index contributed by atoms with van der Waals surface area (Å²) in [5.74, 6) is 2.78. The van der Waals surface area contributed by atoms with E-state index >= 15 is 0 Å². The Labute approximate surface area is 212 Å². The molecule has 3 aromatic carbocycles. The number of nitrogens with zero attached hydrogens (tertiary/aromatic N) is 1. The van der Waals surface area contributed by atoms with Crippen molar-refractivity contribution in [2.24, 2.45) is 0 Å². The molecule has 0 amide bonds. The molecule has 0 bridgehead atoms. The molecule has 0 atom stereocenters. The number of hydrogen-bond acceptors (Lipinski definition) is 5. The molecule has 5 rings (SSSR count). The largest absolute Gasteiger partial charge is 0.497 e. The van der Waals surface area contributed by atoms with E-state index in [4.69, 9.17) is 13.9 Å². The van der Waals surface area contributed by atoms with E-state index in [0.29, 0.717) is 29.5 Å². The first kappa shape index (κ1) is 24.2. The molecule has 1 fully saturated rings. The van der Waals surface area contributed by atoms with Gasteiger partial charge in [0, 0.05) is 12.6 Å². The van der Waals surface area contributed by atoms with E-state index < -0.39 is 5.60 Å². The zero-order chi connectivity index (χ0) is 25.1. The zero-order valence-electron chi connectivity index (χ0n) is 21.1. The van der Waals surface area contributed by atoms with Gasteiger partial charge in [0.25, 0.3) is 0 Å². The fourth-order valence-corrected chi connectivity index (χ4v) is 4.65. The minimum absolute atomic E-state index is 0.485. The Morgan fingerprint density at radius 3 is 1.83 bits per heavy atom. The summed E-state index contributed by atoms with van der Waals surface area (Å²) in [5.41, 5.74) is 2.51. The van der Waals surface area contributed by atoms with E-state index in [0.717, 1.165) is 23.8 Å². The summed E-state index contributed by atoms with van der Waals surface area (Å²) in [6, 6.07) is 28.1. The first-order valence-corrected chi connectivity index (χ1v) is 12.4. The molecule has 1 aliphatic rings. The van der Waals surface area contributed by atoms with Crippen LogP contribution in [0.25, 0.3) is 0 Å². The van der Waals surface area contributed by atoms with E-state index in [1.165, 1.54) is 24.0 Å². The van der Waals surface area contributed by atoms with Crippen molar-refractivity contribution in [1.29, 1.82) is 0 Å². The van der Waals surface area contributed by atoms with Crippen molar-refractivity contribution in [2.75, 3.05) is 14.2 Å². The van der Waals surface area contributed by atoms with Crippen molar-refractivity contribution in [3.05, 3.63) is 119 Å². The van der Waals surface area contributed by atoms with Crippen LogP contribution in [0.2, 0.25) is 0 Å². The molecule has 36 heavy (non-hydrogen) atoms. The summed E-state index contributed by atoms with van der Waals surface area (Å²) >= 11 is 0. The molecule has 5 heteroatoms. The van der Waals surface area contributed by atoms with Crippen molar-refractivity contribution in [2.45, 2.75) is 44.5 Å². The summed E-state index contributed by atoms with van der Waals surface area (Å²) in [4.78, 5) is 2.47. The van der Waals surface area contributed by atoms with Gasteiger partial charge >= 0.3 is 0 Å². The number of methoxy groups -OCH3 is 2. The van der Waals surface area contributed by atoms with Gasteiger partial charge in [-0.1, -0.05) is 54.1 Å². The molecular formula is C31H33NO4. The normalized spacial score (nSPS) is 13.7. The predicted molar refractivity (Wildman–Crippen MR) is 140 cm³/mol. The van der Waals surface area contributed by atoms with Gasteiger partial charge < -0.3 is 19.0 Å². The molecule has 0 aliphatic heterocycles. The summed E-state index contributed by atoms with van der Waals surface area (Å²) < 4.78 is 17.0. The van der Waals surface area contributed by atoms with Crippen molar-refractivity contribution < 1.29 is 19.0 Å². The number of benzene rings is 3. The second-order valence-electron chi connectivity index (χ2n) is 9.56. The highest BCUT2D eigenvalue weighted by atomic mass is 16.5. The highest BCUT2D eigenvalue weighted by Gasteiger charge is 2.38. The third-order valence-electron chi connectivity index (χ3n) is 6.96. The van der Waals surface area contributed by atoms with E-state index in [1.807, 2.05) is 60.7 Å². The van der Waals surface area contributed by atoms with E-state index in [9.17, 15) is 5.11 Å². The zero-order valence-corrected chi connectivity index (χ0v) is 21.1. The summed E-state index contributed by atoms with van der Waals surface area (Å²) in [6.45, 7) is 3.68. The molecule has 0 saturated heterocycles. The van der Waals surface area contributed by atoms with Crippen LogP contribution < -0.4 is 9.47 Å². The molecule has 0 unspecified atom stereocenters. The summed E-state index contributed by atoms with van der Waals surface area (Å²) in [5, 5.41) is 12.2. The maximum atomic E-state index is 12.2. The van der Waals surface area contributed by atoms with Crippen LogP contribution >= 0.6 is 0 Å². The number of hydrogen-bond donors (Lipinski definition) is 1. The van der Waals surface area contributed by atoms with Crippen LogP contribution in [0.3, 0.4) is 0 Å². The van der Waals surface area contributed by atoms with Gasteiger partial charge in [0.2, 0.25) is 0 Å². The lowest BCUT2D eigenvalue weighted by Gasteiger charge is -2.28. The second-order valence-corrected chi connectivity index (χ2v) is 9.56. The molecular weight excluding hydrogens is 450 g/mol. The number of ether oxygens (including phenoxy) is 2. The lowest BCUT2D eigenvalue weighted by Crippen LogP contribution is -2.28. The van der Waals surface area contributed by atoms with Gasteiger partial charge in [-0.15, -0.1) is 0 Å². The monoisotopic (exact) mass is 483 g/mol. The summed E-state index contributed by atoms with van der Waals surface area (Å²) in [6.07, 6.45) is 2.42. The first-order chi connectivity index (χ1) is 17.5. The quantitative estimate of drug-likeness (QED) is 0.297. The van der Waals surface area contributed by atoms with Gasteiger partial charge in [-0.05, 0) is 72.9 Å². The van der Waals surface area contributed by atoms with Crippen molar-refractivity contribution in [3.8, 4) is 11.5 Å². The fraction of sp³-hybridized carbons (Fsp3) is 0.290. The maximum Gasteiger partial charge on any atom is 0.173 e. The highest BCUT2D eigenvalue weighted by Crippen LogP contribution is 2.39. The van der Waals surface area contributed by atoms with Gasteiger partial charge in [-0.2, -0.15) is 0 Å². The molecule has 1 heterocycles. The molecule has 1 N–H and O–H groups in total. The van der Waals surface area contributed by atoms with Crippen LogP contribution in [0.1, 0.15) is 46.6 Å². The van der Waals surface area contributed by atoms with E-state index in [2.05, 4.69) is 36.1 Å². The highest BCUT2D eigenvalue weighted by molar-refractivity contribution is 5.46. The molecule has 4 aromatic rings. The molecule has 1 aliphatic carbocycles.